The lowest BCUT2D eigenvalue weighted by Gasteiger charge is -2.43. The van der Waals surface area contributed by atoms with Crippen LogP contribution in [0.5, 0.6) is 0 Å². The van der Waals surface area contributed by atoms with Gasteiger partial charge < -0.3 is 5.32 Å². The molecule has 22 heavy (non-hydrogen) atoms. The van der Waals surface area contributed by atoms with Crippen molar-refractivity contribution in [2.45, 2.75) is 24.8 Å². The molecule has 0 unspecified atom stereocenters. The van der Waals surface area contributed by atoms with Gasteiger partial charge in [-0.05, 0) is 43.5 Å². The van der Waals surface area contributed by atoms with E-state index in [1.807, 2.05) is 30.3 Å². The second-order valence-corrected chi connectivity index (χ2v) is 5.83. The molecule has 1 spiro atoms. The van der Waals surface area contributed by atoms with Crippen molar-refractivity contribution in [2.75, 3.05) is 10.2 Å². The number of pyridine rings is 1. The molecule has 4 rings (SSSR count). The number of aromatic nitrogens is 1. The first-order valence-corrected chi connectivity index (χ1v) is 7.54. The van der Waals surface area contributed by atoms with Crippen molar-refractivity contribution in [3.63, 3.8) is 0 Å². The predicted octanol–water partition coefficient (Wildman–Crippen LogP) is 3.74. The zero-order valence-electron chi connectivity index (χ0n) is 12.2. The molecule has 0 radical (unpaired) electrons. The number of para-hydroxylation sites is 1. The molecule has 2 heterocycles. The van der Waals surface area contributed by atoms with E-state index in [1.54, 1.807) is 11.1 Å². The molecule has 2 aliphatic rings. The summed E-state index contributed by atoms with van der Waals surface area (Å²) in [6, 6.07) is 12.0. The molecule has 1 aliphatic carbocycles. The Kier molecular flexibility index (Phi) is 2.79. The third-order valence-electron chi connectivity index (χ3n) is 4.64. The van der Waals surface area contributed by atoms with Crippen molar-refractivity contribution >= 4 is 23.1 Å². The van der Waals surface area contributed by atoms with Gasteiger partial charge in [-0.1, -0.05) is 24.8 Å². The molecule has 2 aromatic rings. The lowest BCUT2D eigenvalue weighted by molar-refractivity contribution is -0.113. The van der Waals surface area contributed by atoms with E-state index in [1.165, 1.54) is 12.5 Å². The van der Waals surface area contributed by atoms with Gasteiger partial charge in [-0.2, -0.15) is 0 Å². The topological polar surface area (TPSA) is 45.2 Å². The summed E-state index contributed by atoms with van der Waals surface area (Å²) in [4.78, 5) is 18.6. The molecule has 1 saturated carbocycles. The Bertz CT molecular complexity index is 764. The summed E-state index contributed by atoms with van der Waals surface area (Å²) in [5.74, 6) is 0.481. The molecule has 1 aliphatic heterocycles. The van der Waals surface area contributed by atoms with Crippen LogP contribution in [0.4, 0.5) is 17.2 Å². The third-order valence-corrected chi connectivity index (χ3v) is 4.64. The van der Waals surface area contributed by atoms with Crippen molar-refractivity contribution in [1.29, 1.82) is 0 Å². The number of carbonyl (C=O) groups excluding carboxylic acids is 1. The van der Waals surface area contributed by atoms with Gasteiger partial charge in [0.05, 0.1) is 16.9 Å². The molecule has 4 heteroatoms. The summed E-state index contributed by atoms with van der Waals surface area (Å²) < 4.78 is 0. The van der Waals surface area contributed by atoms with Crippen molar-refractivity contribution < 1.29 is 4.79 Å². The standard InChI is InChI=1S/C18H17N3O/c1-2-16(22)21-15-9-4-3-7-13(15)18(10-6-11-18)20-14-8-5-12-19-17(14)21/h2-5,7-9,12,20H,1,6,10-11H2. The molecule has 1 fully saturated rings. The predicted molar refractivity (Wildman–Crippen MR) is 87.2 cm³/mol. The van der Waals surface area contributed by atoms with Gasteiger partial charge in [-0.3, -0.25) is 9.69 Å². The highest BCUT2D eigenvalue weighted by molar-refractivity contribution is 6.09. The van der Waals surface area contributed by atoms with Crippen molar-refractivity contribution in [1.82, 2.24) is 4.98 Å². The fraction of sp³-hybridized carbons (Fsp3) is 0.222. The zero-order chi connectivity index (χ0) is 15.2. The molecule has 1 aromatic heterocycles. The lowest BCUT2D eigenvalue weighted by Crippen LogP contribution is -2.41. The minimum absolute atomic E-state index is 0.0927. The zero-order valence-corrected chi connectivity index (χ0v) is 12.2. The van der Waals surface area contributed by atoms with E-state index in [0.29, 0.717) is 5.82 Å². The second-order valence-electron chi connectivity index (χ2n) is 5.83. The normalized spacial score (nSPS) is 17.5. The van der Waals surface area contributed by atoms with Gasteiger partial charge in [0.2, 0.25) is 0 Å². The van der Waals surface area contributed by atoms with Crippen LogP contribution in [0.15, 0.2) is 55.3 Å². The van der Waals surface area contributed by atoms with E-state index in [0.717, 1.165) is 29.8 Å². The van der Waals surface area contributed by atoms with E-state index in [9.17, 15) is 4.79 Å². The van der Waals surface area contributed by atoms with Crippen LogP contribution in [0.25, 0.3) is 0 Å². The molecule has 110 valence electrons. The van der Waals surface area contributed by atoms with Gasteiger partial charge in [0.15, 0.2) is 5.82 Å². The van der Waals surface area contributed by atoms with Crippen molar-refractivity contribution in [3.05, 3.63) is 60.8 Å². The van der Waals surface area contributed by atoms with Crippen LogP contribution in [0.3, 0.4) is 0 Å². The number of anilines is 3. The maximum absolute atomic E-state index is 12.5. The highest BCUT2D eigenvalue weighted by atomic mass is 16.2. The SMILES string of the molecule is C=CC(=O)N1c2ccccc2C2(CCC2)Nc2cccnc21. The van der Waals surface area contributed by atoms with Crippen LogP contribution >= 0.6 is 0 Å². The summed E-state index contributed by atoms with van der Waals surface area (Å²) in [5, 5.41) is 3.65. The average Bonchev–Trinajstić information content (AvgIpc) is 2.66. The first-order chi connectivity index (χ1) is 10.7. The first-order valence-electron chi connectivity index (χ1n) is 7.54. The van der Waals surface area contributed by atoms with Crippen LogP contribution in [0.2, 0.25) is 0 Å². The molecule has 4 nitrogen and oxygen atoms in total. The van der Waals surface area contributed by atoms with Crippen molar-refractivity contribution in [3.8, 4) is 0 Å². The fourth-order valence-electron chi connectivity index (χ4n) is 3.42. The second kappa shape index (κ2) is 4.70. The molecular weight excluding hydrogens is 274 g/mol. The monoisotopic (exact) mass is 291 g/mol. The van der Waals surface area contributed by atoms with Gasteiger partial charge >= 0.3 is 0 Å². The number of carbonyl (C=O) groups is 1. The molecule has 0 bridgehead atoms. The highest BCUT2D eigenvalue weighted by Crippen LogP contribution is 2.51. The van der Waals surface area contributed by atoms with Crippen LogP contribution < -0.4 is 10.2 Å². The number of hydrogen-bond donors (Lipinski definition) is 1. The quantitative estimate of drug-likeness (QED) is 0.814. The maximum atomic E-state index is 12.5. The van der Waals surface area contributed by atoms with E-state index in [2.05, 4.69) is 22.9 Å². The Labute approximate surface area is 129 Å². The summed E-state index contributed by atoms with van der Waals surface area (Å²) >= 11 is 0. The molecular formula is C18H17N3O. The van der Waals surface area contributed by atoms with Gasteiger partial charge in [0.25, 0.3) is 5.91 Å². The third kappa shape index (κ3) is 1.70. The molecule has 1 aromatic carbocycles. The smallest absolute Gasteiger partial charge is 0.256 e. The number of nitrogens with zero attached hydrogens (tertiary/aromatic N) is 2. The minimum Gasteiger partial charge on any atom is -0.372 e. The number of amides is 1. The van der Waals surface area contributed by atoms with E-state index in [-0.39, 0.29) is 11.4 Å². The summed E-state index contributed by atoms with van der Waals surface area (Å²) in [5.41, 5.74) is 2.87. The molecule has 1 N–H and O–H groups in total. The number of rotatable bonds is 1. The minimum atomic E-state index is -0.162. The highest BCUT2D eigenvalue weighted by Gasteiger charge is 2.44. The molecule has 0 saturated heterocycles. The number of hydrogen-bond acceptors (Lipinski definition) is 3. The van der Waals surface area contributed by atoms with Gasteiger partial charge in [0, 0.05) is 11.8 Å². The number of nitrogens with one attached hydrogen (secondary N) is 1. The average molecular weight is 291 g/mol. The summed E-state index contributed by atoms with van der Waals surface area (Å²) in [6.45, 7) is 3.64. The van der Waals surface area contributed by atoms with E-state index < -0.39 is 0 Å². The first kappa shape index (κ1) is 13.1. The Balaban J connectivity index is 2.01. The van der Waals surface area contributed by atoms with Crippen LogP contribution in [-0.4, -0.2) is 10.9 Å². The Hall–Kier alpha value is -2.62. The van der Waals surface area contributed by atoms with Gasteiger partial charge in [0.1, 0.15) is 0 Å². The summed E-state index contributed by atoms with van der Waals surface area (Å²) in [6.07, 6.45) is 6.37. The van der Waals surface area contributed by atoms with Crippen molar-refractivity contribution in [2.24, 2.45) is 0 Å². The van der Waals surface area contributed by atoms with Crippen LogP contribution in [0, 0.1) is 0 Å². The van der Waals surface area contributed by atoms with E-state index in [4.69, 9.17) is 0 Å². The fourth-order valence-corrected chi connectivity index (χ4v) is 3.42. The lowest BCUT2D eigenvalue weighted by atomic mass is 9.71. The maximum Gasteiger partial charge on any atom is 0.256 e. The number of fused-ring (bicyclic) bond motifs is 3. The Morgan fingerprint density at radius 3 is 2.82 bits per heavy atom. The van der Waals surface area contributed by atoms with Gasteiger partial charge in [-0.15, -0.1) is 0 Å². The van der Waals surface area contributed by atoms with Crippen LogP contribution in [0.1, 0.15) is 24.8 Å². The Morgan fingerprint density at radius 2 is 2.09 bits per heavy atom. The number of benzene rings is 1. The van der Waals surface area contributed by atoms with Gasteiger partial charge in [-0.25, -0.2) is 4.98 Å². The molecule has 0 atom stereocenters. The largest absolute Gasteiger partial charge is 0.372 e. The van der Waals surface area contributed by atoms with Crippen LogP contribution in [-0.2, 0) is 10.3 Å². The molecule has 1 amide bonds. The Morgan fingerprint density at radius 1 is 1.27 bits per heavy atom. The summed E-state index contributed by atoms with van der Waals surface area (Å²) in [7, 11) is 0. The van der Waals surface area contributed by atoms with E-state index >= 15 is 0 Å².